The van der Waals surface area contributed by atoms with Gasteiger partial charge in [0.1, 0.15) is 5.82 Å². The van der Waals surface area contributed by atoms with Gasteiger partial charge in [-0.05, 0) is 37.3 Å². The fourth-order valence-electron chi connectivity index (χ4n) is 2.37. The van der Waals surface area contributed by atoms with Gasteiger partial charge in [0, 0.05) is 18.3 Å². The summed E-state index contributed by atoms with van der Waals surface area (Å²) in [4.78, 5) is 25.4. The number of benzene rings is 2. The molecule has 0 aliphatic carbocycles. The van der Waals surface area contributed by atoms with E-state index >= 15 is 0 Å². The normalized spacial score (nSPS) is 9.92. The summed E-state index contributed by atoms with van der Waals surface area (Å²) in [5.41, 5.74) is 1.58. The standard InChI is InChI=1S/C19H17FN2O2/c1-4-14-7-5-8-15(11-14)21-18(24)12-22(3)17-10-6-9-16(20)19(17)13(2)23/h1,5-11H,12H2,2-3H3,(H,21,24). The molecule has 0 saturated carbocycles. The summed E-state index contributed by atoms with van der Waals surface area (Å²) in [7, 11) is 1.62. The van der Waals surface area contributed by atoms with E-state index in [2.05, 4.69) is 11.2 Å². The number of nitrogens with one attached hydrogen (secondary N) is 1. The van der Waals surface area contributed by atoms with Gasteiger partial charge in [-0.1, -0.05) is 18.1 Å². The van der Waals surface area contributed by atoms with E-state index in [1.807, 2.05) is 0 Å². The monoisotopic (exact) mass is 324 g/mol. The number of terminal acetylenes is 1. The van der Waals surface area contributed by atoms with Gasteiger partial charge in [0.15, 0.2) is 5.78 Å². The summed E-state index contributed by atoms with van der Waals surface area (Å²) >= 11 is 0. The Bertz CT molecular complexity index is 824. The number of carbonyl (C=O) groups excluding carboxylic acids is 2. The quantitative estimate of drug-likeness (QED) is 0.679. The molecule has 0 atom stereocenters. The first-order valence-corrected chi connectivity index (χ1v) is 7.29. The predicted molar refractivity (Wildman–Crippen MR) is 92.7 cm³/mol. The van der Waals surface area contributed by atoms with Crippen molar-refractivity contribution in [2.75, 3.05) is 23.8 Å². The fourth-order valence-corrected chi connectivity index (χ4v) is 2.37. The van der Waals surface area contributed by atoms with Gasteiger partial charge in [0.25, 0.3) is 0 Å². The SMILES string of the molecule is C#Cc1cccc(NC(=O)CN(C)c2cccc(F)c2C(C)=O)c1. The van der Waals surface area contributed by atoms with Gasteiger partial charge in [0.05, 0.1) is 17.8 Å². The third kappa shape index (κ3) is 3.99. The van der Waals surface area contributed by atoms with Crippen molar-refractivity contribution in [3.63, 3.8) is 0 Å². The van der Waals surface area contributed by atoms with Crippen molar-refractivity contribution in [1.82, 2.24) is 0 Å². The Hall–Kier alpha value is -3.13. The molecule has 0 fully saturated rings. The van der Waals surface area contributed by atoms with E-state index in [0.29, 0.717) is 16.9 Å². The van der Waals surface area contributed by atoms with Crippen molar-refractivity contribution in [2.45, 2.75) is 6.92 Å². The van der Waals surface area contributed by atoms with E-state index in [9.17, 15) is 14.0 Å². The number of halogens is 1. The maximum Gasteiger partial charge on any atom is 0.243 e. The molecule has 0 aliphatic rings. The number of hydrogen-bond donors (Lipinski definition) is 1. The average Bonchev–Trinajstić information content (AvgIpc) is 2.54. The van der Waals surface area contributed by atoms with E-state index in [4.69, 9.17) is 6.42 Å². The lowest BCUT2D eigenvalue weighted by Crippen LogP contribution is -2.31. The van der Waals surface area contributed by atoms with Gasteiger partial charge in [-0.3, -0.25) is 9.59 Å². The minimum Gasteiger partial charge on any atom is -0.365 e. The van der Waals surface area contributed by atoms with Gasteiger partial charge in [-0.2, -0.15) is 0 Å². The molecule has 2 aromatic rings. The van der Waals surface area contributed by atoms with Crippen LogP contribution in [0.1, 0.15) is 22.8 Å². The molecule has 24 heavy (non-hydrogen) atoms. The first kappa shape index (κ1) is 17.2. The highest BCUT2D eigenvalue weighted by Gasteiger charge is 2.17. The zero-order valence-electron chi connectivity index (χ0n) is 13.5. The number of amides is 1. The van der Waals surface area contributed by atoms with Crippen LogP contribution in [0.3, 0.4) is 0 Å². The molecule has 1 N–H and O–H groups in total. The van der Waals surface area contributed by atoms with Crippen molar-refractivity contribution in [1.29, 1.82) is 0 Å². The Morgan fingerprint density at radius 1 is 1.25 bits per heavy atom. The van der Waals surface area contributed by atoms with Crippen LogP contribution in [0.5, 0.6) is 0 Å². The molecule has 0 spiro atoms. The zero-order valence-corrected chi connectivity index (χ0v) is 13.5. The van der Waals surface area contributed by atoms with Crippen LogP contribution < -0.4 is 10.2 Å². The van der Waals surface area contributed by atoms with Crippen LogP contribution in [0.4, 0.5) is 15.8 Å². The molecule has 5 heteroatoms. The van der Waals surface area contributed by atoms with Gasteiger partial charge < -0.3 is 10.2 Å². The van der Waals surface area contributed by atoms with Crippen molar-refractivity contribution in [3.8, 4) is 12.3 Å². The molecule has 2 aromatic carbocycles. The Kier molecular flexibility index (Phi) is 5.33. The van der Waals surface area contributed by atoms with E-state index in [-0.39, 0.29) is 18.0 Å². The Morgan fingerprint density at radius 3 is 2.62 bits per heavy atom. The molecule has 0 unspecified atom stereocenters. The topological polar surface area (TPSA) is 49.4 Å². The summed E-state index contributed by atoms with van der Waals surface area (Å²) in [5, 5.41) is 2.73. The molecule has 4 nitrogen and oxygen atoms in total. The molecular weight excluding hydrogens is 307 g/mol. The first-order valence-electron chi connectivity index (χ1n) is 7.29. The summed E-state index contributed by atoms with van der Waals surface area (Å²) < 4.78 is 13.9. The second-order valence-electron chi connectivity index (χ2n) is 5.32. The molecule has 0 heterocycles. The van der Waals surface area contributed by atoms with Crippen LogP contribution in [-0.2, 0) is 4.79 Å². The number of rotatable bonds is 5. The second kappa shape index (κ2) is 7.42. The number of carbonyl (C=O) groups is 2. The van der Waals surface area contributed by atoms with Gasteiger partial charge >= 0.3 is 0 Å². The second-order valence-corrected chi connectivity index (χ2v) is 5.32. The van der Waals surface area contributed by atoms with Crippen LogP contribution in [0.25, 0.3) is 0 Å². The van der Waals surface area contributed by atoms with Crippen molar-refractivity contribution in [2.24, 2.45) is 0 Å². The Balaban J connectivity index is 2.14. The van der Waals surface area contributed by atoms with E-state index in [1.165, 1.54) is 24.0 Å². The van der Waals surface area contributed by atoms with Crippen LogP contribution >= 0.6 is 0 Å². The van der Waals surface area contributed by atoms with E-state index < -0.39 is 11.6 Å². The number of ketones is 1. The largest absolute Gasteiger partial charge is 0.365 e. The minimum atomic E-state index is -0.603. The van der Waals surface area contributed by atoms with Crippen LogP contribution in [0.15, 0.2) is 42.5 Å². The van der Waals surface area contributed by atoms with Gasteiger partial charge in [-0.15, -0.1) is 6.42 Å². The minimum absolute atomic E-state index is 0.0258. The van der Waals surface area contributed by atoms with E-state index in [1.54, 1.807) is 37.4 Å². The number of Topliss-reactive ketones (excluding diaryl/α,β-unsaturated/α-hetero) is 1. The number of likely N-dealkylation sites (N-methyl/N-ethyl adjacent to an activating group) is 1. The maximum atomic E-state index is 13.9. The average molecular weight is 324 g/mol. The van der Waals surface area contributed by atoms with E-state index in [0.717, 1.165) is 0 Å². The third-order valence-corrected chi connectivity index (χ3v) is 3.45. The lowest BCUT2D eigenvalue weighted by atomic mass is 10.1. The highest BCUT2D eigenvalue weighted by molar-refractivity contribution is 6.01. The molecule has 1 amide bonds. The molecule has 0 aromatic heterocycles. The van der Waals surface area contributed by atoms with Crippen molar-refractivity contribution < 1.29 is 14.0 Å². The lowest BCUT2D eigenvalue weighted by molar-refractivity contribution is -0.114. The lowest BCUT2D eigenvalue weighted by Gasteiger charge is -2.21. The molecule has 0 radical (unpaired) electrons. The van der Waals surface area contributed by atoms with Crippen LogP contribution in [0, 0.1) is 18.2 Å². The smallest absolute Gasteiger partial charge is 0.243 e. The van der Waals surface area contributed by atoms with Gasteiger partial charge in [-0.25, -0.2) is 4.39 Å². The molecule has 122 valence electrons. The molecule has 0 bridgehead atoms. The highest BCUT2D eigenvalue weighted by atomic mass is 19.1. The molecule has 0 saturated heterocycles. The number of nitrogens with zero attached hydrogens (tertiary/aromatic N) is 1. The molecule has 0 aliphatic heterocycles. The maximum absolute atomic E-state index is 13.9. The number of hydrogen-bond acceptors (Lipinski definition) is 3. The van der Waals surface area contributed by atoms with Gasteiger partial charge in [0.2, 0.25) is 5.91 Å². The first-order chi connectivity index (χ1) is 11.4. The Morgan fingerprint density at radius 2 is 1.96 bits per heavy atom. The van der Waals surface area contributed by atoms with Crippen molar-refractivity contribution in [3.05, 3.63) is 59.4 Å². The zero-order chi connectivity index (χ0) is 17.7. The highest BCUT2D eigenvalue weighted by Crippen LogP contribution is 2.23. The Labute approximate surface area is 140 Å². The van der Waals surface area contributed by atoms with Crippen LogP contribution in [-0.4, -0.2) is 25.3 Å². The fraction of sp³-hybridized carbons (Fsp3) is 0.158. The summed E-state index contributed by atoms with van der Waals surface area (Å²) in [6.45, 7) is 1.26. The van der Waals surface area contributed by atoms with Crippen molar-refractivity contribution >= 4 is 23.1 Å². The van der Waals surface area contributed by atoms with Crippen LogP contribution in [0.2, 0.25) is 0 Å². The molecule has 2 rings (SSSR count). The number of anilines is 2. The predicted octanol–water partition coefficient (Wildman–Crippen LogP) is 3.08. The summed E-state index contributed by atoms with van der Waals surface area (Å²) in [6.07, 6.45) is 5.33. The molecular formula is C19H17FN2O2. The summed E-state index contributed by atoms with van der Waals surface area (Å²) in [5.74, 6) is 1.20. The third-order valence-electron chi connectivity index (χ3n) is 3.45. The summed E-state index contributed by atoms with van der Waals surface area (Å²) in [6, 6.07) is 11.2.